The quantitative estimate of drug-likeness (QED) is 0.852. The first-order chi connectivity index (χ1) is 8.85. The van der Waals surface area contributed by atoms with Crippen LogP contribution in [0, 0.1) is 5.41 Å². The molecule has 0 saturated heterocycles. The van der Waals surface area contributed by atoms with Gasteiger partial charge < -0.3 is 20.1 Å². The summed E-state index contributed by atoms with van der Waals surface area (Å²) >= 11 is 0. The summed E-state index contributed by atoms with van der Waals surface area (Å²) in [4.78, 5) is 2.28. The number of nitrogen functional groups attached to an aromatic ring is 1. The Kier molecular flexibility index (Phi) is 3.90. The van der Waals surface area contributed by atoms with Crippen molar-refractivity contribution in [1.29, 1.82) is 0 Å². The van der Waals surface area contributed by atoms with Gasteiger partial charge in [0.05, 0.1) is 0 Å². The van der Waals surface area contributed by atoms with E-state index in [4.69, 9.17) is 15.2 Å². The van der Waals surface area contributed by atoms with Crippen LogP contribution in [0.25, 0.3) is 0 Å². The second-order valence-electron chi connectivity index (χ2n) is 6.43. The number of hydrogen-bond donors (Lipinski definition) is 1. The molecule has 0 spiro atoms. The maximum atomic E-state index is 6.09. The average molecular weight is 264 g/mol. The van der Waals surface area contributed by atoms with Gasteiger partial charge in [0.1, 0.15) is 13.2 Å². The molecule has 1 aromatic rings. The van der Waals surface area contributed by atoms with Crippen LogP contribution < -0.4 is 15.2 Å². The van der Waals surface area contributed by atoms with Crippen molar-refractivity contribution >= 4 is 5.69 Å². The fourth-order valence-corrected chi connectivity index (χ4v) is 2.44. The van der Waals surface area contributed by atoms with Gasteiger partial charge in [0.25, 0.3) is 0 Å². The second kappa shape index (κ2) is 5.29. The number of benzene rings is 1. The van der Waals surface area contributed by atoms with Crippen molar-refractivity contribution < 1.29 is 9.47 Å². The molecule has 1 heterocycles. The van der Waals surface area contributed by atoms with Gasteiger partial charge in [0, 0.05) is 24.8 Å². The van der Waals surface area contributed by atoms with Gasteiger partial charge in [0.2, 0.25) is 0 Å². The summed E-state index contributed by atoms with van der Waals surface area (Å²) in [5, 5.41) is 0. The minimum absolute atomic E-state index is 0.275. The summed E-state index contributed by atoms with van der Waals surface area (Å²) in [6, 6.07) is 3.87. The molecule has 0 fully saturated rings. The first-order valence-corrected chi connectivity index (χ1v) is 6.72. The molecule has 0 amide bonds. The summed E-state index contributed by atoms with van der Waals surface area (Å²) in [5.41, 5.74) is 8.23. The molecule has 2 rings (SSSR count). The van der Waals surface area contributed by atoms with E-state index in [0.29, 0.717) is 13.2 Å². The maximum absolute atomic E-state index is 6.09. The number of rotatable bonds is 3. The summed E-state index contributed by atoms with van der Waals surface area (Å²) < 4.78 is 11.1. The lowest BCUT2D eigenvalue weighted by atomic mass is 9.96. The Labute approximate surface area is 115 Å². The van der Waals surface area contributed by atoms with Crippen molar-refractivity contribution in [3.05, 3.63) is 17.7 Å². The lowest BCUT2D eigenvalue weighted by Gasteiger charge is -2.27. The Balaban J connectivity index is 2.12. The highest BCUT2D eigenvalue weighted by Gasteiger charge is 2.17. The molecule has 4 heteroatoms. The molecule has 1 aliphatic rings. The van der Waals surface area contributed by atoms with Crippen LogP contribution in [-0.2, 0) is 6.54 Å². The van der Waals surface area contributed by atoms with Crippen molar-refractivity contribution in [2.75, 3.05) is 32.5 Å². The van der Waals surface area contributed by atoms with Crippen molar-refractivity contribution in [1.82, 2.24) is 4.90 Å². The predicted molar refractivity (Wildman–Crippen MR) is 77.6 cm³/mol. The molecule has 0 atom stereocenters. The SMILES string of the molecule is CN(Cc1cc2c(cc1N)OCCO2)CC(C)(C)C. The van der Waals surface area contributed by atoms with Crippen LogP contribution in [0.4, 0.5) is 5.69 Å². The first-order valence-electron chi connectivity index (χ1n) is 6.72. The summed E-state index contributed by atoms with van der Waals surface area (Å²) in [7, 11) is 2.11. The third kappa shape index (κ3) is 3.77. The zero-order valence-corrected chi connectivity index (χ0v) is 12.3. The molecular formula is C15H24N2O2. The average Bonchev–Trinajstić information content (AvgIpc) is 2.27. The number of nitrogens with zero attached hydrogens (tertiary/aromatic N) is 1. The Morgan fingerprint density at radius 1 is 1.16 bits per heavy atom. The van der Waals surface area contributed by atoms with E-state index in [-0.39, 0.29) is 5.41 Å². The van der Waals surface area contributed by atoms with Gasteiger partial charge >= 0.3 is 0 Å². The van der Waals surface area contributed by atoms with E-state index in [2.05, 4.69) is 32.7 Å². The highest BCUT2D eigenvalue weighted by atomic mass is 16.6. The molecule has 0 unspecified atom stereocenters. The number of nitrogens with two attached hydrogens (primary N) is 1. The van der Waals surface area contributed by atoms with Gasteiger partial charge in [-0.1, -0.05) is 20.8 Å². The maximum Gasteiger partial charge on any atom is 0.163 e. The molecule has 0 aromatic heterocycles. The van der Waals surface area contributed by atoms with E-state index in [1.807, 2.05) is 12.1 Å². The van der Waals surface area contributed by atoms with Crippen LogP contribution >= 0.6 is 0 Å². The third-order valence-corrected chi connectivity index (χ3v) is 2.99. The number of anilines is 1. The summed E-state index contributed by atoms with van der Waals surface area (Å²) in [6.07, 6.45) is 0. The Hall–Kier alpha value is -1.42. The van der Waals surface area contributed by atoms with Crippen molar-refractivity contribution in [3.8, 4) is 11.5 Å². The van der Waals surface area contributed by atoms with E-state index in [9.17, 15) is 0 Å². The Bertz CT molecular complexity index is 452. The van der Waals surface area contributed by atoms with Gasteiger partial charge in [-0.05, 0) is 24.1 Å². The summed E-state index contributed by atoms with van der Waals surface area (Å²) in [5.74, 6) is 1.56. The zero-order chi connectivity index (χ0) is 14.0. The molecule has 0 saturated carbocycles. The van der Waals surface area contributed by atoms with Crippen LogP contribution in [0.1, 0.15) is 26.3 Å². The standard InChI is InChI=1S/C15H24N2O2/c1-15(2,3)10-17(4)9-11-7-13-14(8-12(11)16)19-6-5-18-13/h7-8H,5-6,9-10,16H2,1-4H3. The topological polar surface area (TPSA) is 47.7 Å². The van der Waals surface area contributed by atoms with Crippen molar-refractivity contribution in [3.63, 3.8) is 0 Å². The predicted octanol–water partition coefficient (Wildman–Crippen LogP) is 2.52. The van der Waals surface area contributed by atoms with Crippen LogP contribution in [0.3, 0.4) is 0 Å². The Morgan fingerprint density at radius 3 is 2.32 bits per heavy atom. The fraction of sp³-hybridized carbons (Fsp3) is 0.600. The van der Waals surface area contributed by atoms with E-state index in [1.54, 1.807) is 0 Å². The van der Waals surface area contributed by atoms with Crippen LogP contribution in [0.5, 0.6) is 11.5 Å². The summed E-state index contributed by atoms with van der Waals surface area (Å²) in [6.45, 7) is 9.73. The van der Waals surface area contributed by atoms with Gasteiger partial charge in [-0.15, -0.1) is 0 Å². The molecule has 2 N–H and O–H groups in total. The van der Waals surface area contributed by atoms with E-state index >= 15 is 0 Å². The van der Waals surface area contributed by atoms with Gasteiger partial charge in [-0.2, -0.15) is 0 Å². The normalized spacial score (nSPS) is 14.8. The van der Waals surface area contributed by atoms with Crippen molar-refractivity contribution in [2.45, 2.75) is 27.3 Å². The fourth-order valence-electron chi connectivity index (χ4n) is 2.44. The lowest BCUT2D eigenvalue weighted by molar-refractivity contribution is 0.171. The molecule has 0 radical (unpaired) electrons. The van der Waals surface area contributed by atoms with Crippen LogP contribution in [0.2, 0.25) is 0 Å². The van der Waals surface area contributed by atoms with Gasteiger partial charge in [-0.25, -0.2) is 0 Å². The monoisotopic (exact) mass is 264 g/mol. The zero-order valence-electron chi connectivity index (χ0n) is 12.3. The molecular weight excluding hydrogens is 240 g/mol. The second-order valence-corrected chi connectivity index (χ2v) is 6.43. The minimum Gasteiger partial charge on any atom is -0.486 e. The lowest BCUT2D eigenvalue weighted by Crippen LogP contribution is -2.29. The van der Waals surface area contributed by atoms with Crippen molar-refractivity contribution in [2.24, 2.45) is 5.41 Å². The largest absolute Gasteiger partial charge is 0.486 e. The molecule has 0 bridgehead atoms. The van der Waals surface area contributed by atoms with Crippen LogP contribution in [0.15, 0.2) is 12.1 Å². The highest BCUT2D eigenvalue weighted by molar-refractivity contribution is 5.58. The molecule has 19 heavy (non-hydrogen) atoms. The number of fused-ring (bicyclic) bond motifs is 1. The van der Waals surface area contributed by atoms with E-state index in [0.717, 1.165) is 35.8 Å². The molecule has 1 aromatic carbocycles. The van der Waals surface area contributed by atoms with Crippen LogP contribution in [-0.4, -0.2) is 31.7 Å². The molecule has 4 nitrogen and oxygen atoms in total. The smallest absolute Gasteiger partial charge is 0.163 e. The number of ether oxygens (including phenoxy) is 2. The van der Waals surface area contributed by atoms with Gasteiger partial charge in [-0.3, -0.25) is 0 Å². The molecule has 106 valence electrons. The van der Waals surface area contributed by atoms with E-state index in [1.165, 1.54) is 0 Å². The highest BCUT2D eigenvalue weighted by Crippen LogP contribution is 2.35. The molecule has 0 aliphatic carbocycles. The number of hydrogen-bond acceptors (Lipinski definition) is 4. The molecule has 1 aliphatic heterocycles. The third-order valence-electron chi connectivity index (χ3n) is 2.99. The first kappa shape index (κ1) is 14.0. The minimum atomic E-state index is 0.275. The van der Waals surface area contributed by atoms with Gasteiger partial charge in [0.15, 0.2) is 11.5 Å². The van der Waals surface area contributed by atoms with E-state index < -0.39 is 0 Å². The Morgan fingerprint density at radius 2 is 1.74 bits per heavy atom.